The van der Waals surface area contributed by atoms with Gasteiger partial charge in [0.15, 0.2) is 0 Å². The standard InChI is InChI=1S/C12H11BrN4S/c13-8-3-4-11(10(6-8)12(14)18)15-7-9-2-1-5-16-17-9/h1-6,15H,7H2,(H2,14,18). The number of hydrogen-bond donors (Lipinski definition) is 2. The Balaban J connectivity index is 2.17. The van der Waals surface area contributed by atoms with Gasteiger partial charge in [-0.2, -0.15) is 10.2 Å². The summed E-state index contributed by atoms with van der Waals surface area (Å²) in [5.41, 5.74) is 8.24. The molecule has 0 aliphatic heterocycles. The number of aromatic nitrogens is 2. The summed E-state index contributed by atoms with van der Waals surface area (Å²) in [5.74, 6) is 0. The van der Waals surface area contributed by atoms with Crippen molar-refractivity contribution in [3.05, 3.63) is 52.3 Å². The number of nitrogens with zero attached hydrogens (tertiary/aromatic N) is 2. The first-order valence-corrected chi connectivity index (χ1v) is 6.47. The lowest BCUT2D eigenvalue weighted by Gasteiger charge is -2.11. The lowest BCUT2D eigenvalue weighted by molar-refractivity contribution is 0.925. The summed E-state index contributed by atoms with van der Waals surface area (Å²) < 4.78 is 0.940. The molecule has 0 saturated heterocycles. The number of thiocarbonyl (C=S) groups is 1. The van der Waals surface area contributed by atoms with Crippen molar-refractivity contribution in [1.29, 1.82) is 0 Å². The van der Waals surface area contributed by atoms with Crippen LogP contribution in [0.3, 0.4) is 0 Å². The van der Waals surface area contributed by atoms with Crippen LogP contribution < -0.4 is 11.1 Å². The molecule has 0 amide bonds. The fraction of sp³-hybridized carbons (Fsp3) is 0.0833. The molecule has 0 fully saturated rings. The maximum absolute atomic E-state index is 5.70. The second kappa shape index (κ2) is 5.88. The van der Waals surface area contributed by atoms with Crippen LogP contribution in [0.5, 0.6) is 0 Å². The van der Waals surface area contributed by atoms with E-state index in [1.165, 1.54) is 0 Å². The summed E-state index contributed by atoms with van der Waals surface area (Å²) >= 11 is 8.42. The Hall–Kier alpha value is -1.53. The topological polar surface area (TPSA) is 63.8 Å². The summed E-state index contributed by atoms with van der Waals surface area (Å²) in [4.78, 5) is 0.359. The number of benzene rings is 1. The van der Waals surface area contributed by atoms with Gasteiger partial charge in [0.25, 0.3) is 0 Å². The Kier molecular flexibility index (Phi) is 4.22. The van der Waals surface area contributed by atoms with Gasteiger partial charge >= 0.3 is 0 Å². The van der Waals surface area contributed by atoms with Gasteiger partial charge in [-0.05, 0) is 30.3 Å². The van der Waals surface area contributed by atoms with E-state index in [2.05, 4.69) is 31.4 Å². The van der Waals surface area contributed by atoms with Crippen molar-refractivity contribution in [3.8, 4) is 0 Å². The number of hydrogen-bond acceptors (Lipinski definition) is 4. The second-order valence-corrected chi connectivity index (χ2v) is 4.98. The van der Waals surface area contributed by atoms with Gasteiger partial charge in [0, 0.05) is 21.9 Å². The summed E-state index contributed by atoms with van der Waals surface area (Å²) in [6.07, 6.45) is 1.64. The highest BCUT2D eigenvalue weighted by molar-refractivity contribution is 9.10. The van der Waals surface area contributed by atoms with E-state index in [-0.39, 0.29) is 0 Å². The molecule has 18 heavy (non-hydrogen) atoms. The first kappa shape index (κ1) is 12.9. The van der Waals surface area contributed by atoms with Crippen LogP contribution in [0, 0.1) is 0 Å². The molecule has 0 aliphatic rings. The molecule has 1 aromatic heterocycles. The van der Waals surface area contributed by atoms with Gasteiger partial charge < -0.3 is 11.1 Å². The summed E-state index contributed by atoms with van der Waals surface area (Å²) in [5, 5.41) is 11.1. The van der Waals surface area contributed by atoms with Crippen LogP contribution in [0.25, 0.3) is 0 Å². The normalized spacial score (nSPS) is 10.1. The van der Waals surface area contributed by atoms with E-state index in [0.29, 0.717) is 11.5 Å². The van der Waals surface area contributed by atoms with E-state index in [1.807, 2.05) is 30.3 Å². The third-order valence-corrected chi connectivity index (χ3v) is 3.05. The highest BCUT2D eigenvalue weighted by Crippen LogP contribution is 2.21. The number of nitrogens with one attached hydrogen (secondary N) is 1. The van der Waals surface area contributed by atoms with Gasteiger partial charge in [-0.15, -0.1) is 0 Å². The molecule has 4 nitrogen and oxygen atoms in total. The Morgan fingerprint density at radius 1 is 1.39 bits per heavy atom. The summed E-state index contributed by atoms with van der Waals surface area (Å²) in [7, 11) is 0. The fourth-order valence-corrected chi connectivity index (χ4v) is 2.02. The van der Waals surface area contributed by atoms with Crippen molar-refractivity contribution >= 4 is 38.8 Å². The van der Waals surface area contributed by atoms with E-state index in [0.717, 1.165) is 21.4 Å². The predicted molar refractivity (Wildman–Crippen MR) is 79.4 cm³/mol. The lowest BCUT2D eigenvalue weighted by atomic mass is 10.1. The van der Waals surface area contributed by atoms with Crippen LogP contribution in [0.4, 0.5) is 5.69 Å². The molecule has 0 radical (unpaired) electrons. The van der Waals surface area contributed by atoms with Crippen molar-refractivity contribution in [3.63, 3.8) is 0 Å². The molecule has 0 bridgehead atoms. The largest absolute Gasteiger partial charge is 0.389 e. The monoisotopic (exact) mass is 322 g/mol. The molecular formula is C12H11BrN4S. The minimum atomic E-state index is 0.359. The van der Waals surface area contributed by atoms with E-state index >= 15 is 0 Å². The number of anilines is 1. The van der Waals surface area contributed by atoms with Crippen LogP contribution in [-0.2, 0) is 6.54 Å². The van der Waals surface area contributed by atoms with E-state index in [4.69, 9.17) is 18.0 Å². The van der Waals surface area contributed by atoms with Gasteiger partial charge in [0.1, 0.15) is 4.99 Å². The maximum Gasteiger partial charge on any atom is 0.106 e. The molecule has 0 saturated carbocycles. The van der Waals surface area contributed by atoms with Crippen LogP contribution in [0.1, 0.15) is 11.3 Å². The third-order valence-electron chi connectivity index (χ3n) is 2.33. The Labute approximate surface area is 119 Å². The Morgan fingerprint density at radius 3 is 2.89 bits per heavy atom. The second-order valence-electron chi connectivity index (χ2n) is 3.62. The first-order chi connectivity index (χ1) is 8.66. The summed E-state index contributed by atoms with van der Waals surface area (Å²) in [6, 6.07) is 9.50. The SMILES string of the molecule is NC(=S)c1cc(Br)ccc1NCc1cccnn1. The zero-order valence-corrected chi connectivity index (χ0v) is 11.8. The van der Waals surface area contributed by atoms with Crippen LogP contribution >= 0.6 is 28.1 Å². The van der Waals surface area contributed by atoms with Gasteiger partial charge in [-0.25, -0.2) is 0 Å². The third kappa shape index (κ3) is 3.24. The fourth-order valence-electron chi connectivity index (χ4n) is 1.49. The minimum absolute atomic E-state index is 0.359. The first-order valence-electron chi connectivity index (χ1n) is 5.26. The zero-order chi connectivity index (χ0) is 13.0. The highest BCUT2D eigenvalue weighted by atomic mass is 79.9. The molecule has 1 heterocycles. The smallest absolute Gasteiger partial charge is 0.106 e. The molecule has 92 valence electrons. The zero-order valence-electron chi connectivity index (χ0n) is 9.43. The molecule has 0 atom stereocenters. The Bertz CT molecular complexity index is 559. The van der Waals surface area contributed by atoms with Crippen molar-refractivity contribution in [2.75, 3.05) is 5.32 Å². The van der Waals surface area contributed by atoms with Crippen LogP contribution in [0.15, 0.2) is 41.0 Å². The molecule has 3 N–H and O–H groups in total. The van der Waals surface area contributed by atoms with E-state index < -0.39 is 0 Å². The molecule has 2 rings (SSSR count). The predicted octanol–water partition coefficient (Wildman–Crippen LogP) is 2.49. The van der Waals surface area contributed by atoms with Crippen LogP contribution in [0.2, 0.25) is 0 Å². The number of nitrogens with two attached hydrogens (primary N) is 1. The summed E-state index contributed by atoms with van der Waals surface area (Å²) in [6.45, 7) is 0.574. The number of rotatable bonds is 4. The minimum Gasteiger partial charge on any atom is -0.389 e. The highest BCUT2D eigenvalue weighted by Gasteiger charge is 2.06. The average molecular weight is 323 g/mol. The van der Waals surface area contributed by atoms with E-state index in [1.54, 1.807) is 6.20 Å². The molecular weight excluding hydrogens is 312 g/mol. The molecule has 1 aromatic carbocycles. The van der Waals surface area contributed by atoms with Gasteiger partial charge in [-0.3, -0.25) is 0 Å². The average Bonchev–Trinajstić information content (AvgIpc) is 2.38. The maximum atomic E-state index is 5.70. The van der Waals surface area contributed by atoms with Gasteiger partial charge in [0.2, 0.25) is 0 Å². The lowest BCUT2D eigenvalue weighted by Crippen LogP contribution is -2.13. The molecule has 0 aliphatic carbocycles. The molecule has 2 aromatic rings. The van der Waals surface area contributed by atoms with Crippen LogP contribution in [-0.4, -0.2) is 15.2 Å². The van der Waals surface area contributed by atoms with Gasteiger partial charge in [-0.1, -0.05) is 28.1 Å². The number of halogens is 1. The molecule has 6 heteroatoms. The van der Waals surface area contributed by atoms with Crippen molar-refractivity contribution in [1.82, 2.24) is 10.2 Å². The van der Waals surface area contributed by atoms with Crippen molar-refractivity contribution in [2.45, 2.75) is 6.54 Å². The van der Waals surface area contributed by atoms with E-state index in [9.17, 15) is 0 Å². The quantitative estimate of drug-likeness (QED) is 0.847. The van der Waals surface area contributed by atoms with Crippen molar-refractivity contribution in [2.24, 2.45) is 5.73 Å². The van der Waals surface area contributed by atoms with Gasteiger partial charge in [0.05, 0.1) is 12.2 Å². The Morgan fingerprint density at radius 2 is 2.22 bits per heavy atom. The molecule has 0 unspecified atom stereocenters. The van der Waals surface area contributed by atoms with Crippen molar-refractivity contribution < 1.29 is 0 Å². The molecule has 0 spiro atoms.